The number of rotatable bonds is 3. The van der Waals surface area contributed by atoms with Gasteiger partial charge in [-0.1, -0.05) is 12.1 Å². The van der Waals surface area contributed by atoms with Crippen LogP contribution in [0.3, 0.4) is 0 Å². The largest absolute Gasteiger partial charge is 0.497 e. The number of ketones is 1. The van der Waals surface area contributed by atoms with Crippen molar-refractivity contribution in [2.75, 3.05) is 49.4 Å². The Hall–Kier alpha value is -3.13. The number of carbonyl (C=O) groups is 1. The average Bonchev–Trinajstić information content (AvgIpc) is 2.78. The lowest BCUT2D eigenvalue weighted by Crippen LogP contribution is -2.38. The van der Waals surface area contributed by atoms with Crippen LogP contribution < -0.4 is 20.7 Å². The van der Waals surface area contributed by atoms with Crippen LogP contribution >= 0.6 is 0 Å². The van der Waals surface area contributed by atoms with Gasteiger partial charge in [0.05, 0.1) is 20.3 Å². The molecule has 1 aliphatic carbocycles. The summed E-state index contributed by atoms with van der Waals surface area (Å²) in [6.07, 6.45) is 2.21. The quantitative estimate of drug-likeness (QED) is 0.800. The van der Waals surface area contributed by atoms with E-state index in [9.17, 15) is 4.79 Å². The minimum Gasteiger partial charge on any atom is -0.497 e. The van der Waals surface area contributed by atoms with Gasteiger partial charge in [0.15, 0.2) is 5.78 Å². The van der Waals surface area contributed by atoms with Crippen molar-refractivity contribution in [1.29, 1.82) is 0 Å². The molecule has 1 fully saturated rings. The summed E-state index contributed by atoms with van der Waals surface area (Å²) in [5.74, 6) is 2.34. The van der Waals surface area contributed by atoms with Crippen LogP contribution in [0.4, 0.5) is 17.6 Å². The minimum absolute atomic E-state index is 0.159. The Morgan fingerprint density at radius 1 is 1.17 bits per heavy atom. The number of fused-ring (bicyclic) bond motifs is 1. The van der Waals surface area contributed by atoms with Crippen molar-refractivity contribution in [1.82, 2.24) is 9.97 Å². The number of allylic oxidation sites excluding steroid dienone is 2. The van der Waals surface area contributed by atoms with E-state index in [2.05, 4.69) is 15.2 Å². The molecule has 8 nitrogen and oxygen atoms in total. The monoisotopic (exact) mass is 407 g/mol. The van der Waals surface area contributed by atoms with E-state index >= 15 is 0 Å². The number of hydrogen-bond donors (Lipinski definition) is 2. The van der Waals surface area contributed by atoms with Crippen LogP contribution in [0, 0.1) is 0 Å². The fourth-order valence-electron chi connectivity index (χ4n) is 4.50. The van der Waals surface area contributed by atoms with Crippen LogP contribution in [0.1, 0.15) is 36.3 Å². The number of nitrogens with zero attached hydrogens (tertiary/aromatic N) is 3. The highest BCUT2D eigenvalue weighted by Gasteiger charge is 2.38. The van der Waals surface area contributed by atoms with Crippen LogP contribution in [-0.4, -0.2) is 49.2 Å². The summed E-state index contributed by atoms with van der Waals surface area (Å²) >= 11 is 0. The van der Waals surface area contributed by atoms with Crippen molar-refractivity contribution < 1.29 is 14.3 Å². The lowest BCUT2D eigenvalue weighted by molar-refractivity contribution is -0.116. The topological polar surface area (TPSA) is 103 Å². The Morgan fingerprint density at radius 2 is 1.93 bits per heavy atom. The van der Waals surface area contributed by atoms with Gasteiger partial charge < -0.3 is 25.4 Å². The first-order valence-corrected chi connectivity index (χ1v) is 10.3. The highest BCUT2D eigenvalue weighted by molar-refractivity contribution is 6.01. The number of methoxy groups -OCH3 is 1. The van der Waals surface area contributed by atoms with Gasteiger partial charge in [0, 0.05) is 42.3 Å². The molecule has 2 aliphatic heterocycles. The number of ether oxygens (including phenoxy) is 2. The van der Waals surface area contributed by atoms with Gasteiger partial charge in [0.2, 0.25) is 5.95 Å². The molecular formula is C22H25N5O3. The second kappa shape index (κ2) is 7.60. The van der Waals surface area contributed by atoms with Crippen LogP contribution in [0.15, 0.2) is 35.5 Å². The Bertz CT molecular complexity index is 1010. The van der Waals surface area contributed by atoms with Gasteiger partial charge in [-0.2, -0.15) is 9.97 Å². The lowest BCUT2D eigenvalue weighted by Gasteiger charge is -2.35. The molecule has 0 saturated carbocycles. The van der Waals surface area contributed by atoms with Crippen molar-refractivity contribution in [3.8, 4) is 5.75 Å². The molecule has 1 saturated heterocycles. The van der Waals surface area contributed by atoms with Gasteiger partial charge >= 0.3 is 0 Å². The molecule has 0 unspecified atom stereocenters. The smallest absolute Gasteiger partial charge is 0.229 e. The summed E-state index contributed by atoms with van der Waals surface area (Å²) in [5, 5.41) is 3.42. The number of anilines is 3. The number of carbonyl (C=O) groups excluding carboxylic acids is 1. The normalized spacial score (nSPS) is 21.0. The summed E-state index contributed by atoms with van der Waals surface area (Å²) in [4.78, 5) is 24.5. The second-order valence-electron chi connectivity index (χ2n) is 7.77. The molecule has 1 aromatic carbocycles. The maximum absolute atomic E-state index is 12.9. The molecule has 2 aromatic rings. The summed E-state index contributed by atoms with van der Waals surface area (Å²) in [5.41, 5.74) is 9.98. The Labute approximate surface area is 175 Å². The van der Waals surface area contributed by atoms with E-state index in [1.54, 1.807) is 7.11 Å². The molecule has 3 aliphatic rings. The fourth-order valence-corrected chi connectivity index (χ4v) is 4.50. The van der Waals surface area contributed by atoms with Gasteiger partial charge in [-0.15, -0.1) is 0 Å². The van der Waals surface area contributed by atoms with Crippen LogP contribution in [-0.2, 0) is 9.53 Å². The second-order valence-corrected chi connectivity index (χ2v) is 7.77. The molecule has 0 bridgehead atoms. The van der Waals surface area contributed by atoms with Crippen molar-refractivity contribution in [2.24, 2.45) is 0 Å². The minimum atomic E-state index is -0.284. The molecule has 3 heterocycles. The molecular weight excluding hydrogens is 382 g/mol. The number of nitrogen functional groups attached to an aromatic ring is 1. The number of aromatic nitrogens is 2. The van der Waals surface area contributed by atoms with E-state index in [0.717, 1.165) is 54.1 Å². The number of nitrogens with two attached hydrogens (primary N) is 1. The van der Waals surface area contributed by atoms with E-state index in [0.29, 0.717) is 37.2 Å². The zero-order valence-corrected chi connectivity index (χ0v) is 17.0. The van der Waals surface area contributed by atoms with Gasteiger partial charge in [-0.3, -0.25) is 4.79 Å². The summed E-state index contributed by atoms with van der Waals surface area (Å²) in [7, 11) is 1.64. The molecule has 30 heavy (non-hydrogen) atoms. The standard InChI is InChI=1S/C22H25N5O3/c1-29-14-7-5-13(6-8-14)17-18-15(3-2-4-16(18)28)24-21-19(17)20(23)25-22(26-21)27-9-11-30-12-10-27/h5-8,17H,2-4,9-12H2,1H3,(H3,23,24,25,26)/t17-/m1/s1. The molecule has 0 amide bonds. The summed E-state index contributed by atoms with van der Waals surface area (Å²) in [6.45, 7) is 2.75. The van der Waals surface area contributed by atoms with Gasteiger partial charge in [0.25, 0.3) is 0 Å². The highest BCUT2D eigenvalue weighted by Crippen LogP contribution is 2.47. The number of nitrogens with one attached hydrogen (secondary N) is 1. The van der Waals surface area contributed by atoms with Crippen molar-refractivity contribution >= 4 is 23.4 Å². The van der Waals surface area contributed by atoms with Gasteiger partial charge in [-0.05, 0) is 30.5 Å². The lowest BCUT2D eigenvalue weighted by atomic mass is 9.76. The molecule has 3 N–H and O–H groups in total. The molecule has 8 heteroatoms. The first-order valence-electron chi connectivity index (χ1n) is 10.3. The SMILES string of the molecule is COc1ccc([C@@H]2C3=C(CCCC3=O)Nc3nc(N4CCOCC4)nc(N)c32)cc1. The number of morpholine rings is 1. The maximum Gasteiger partial charge on any atom is 0.229 e. The van der Waals surface area contributed by atoms with Crippen molar-refractivity contribution in [3.63, 3.8) is 0 Å². The Kier molecular flexibility index (Phi) is 4.78. The first kappa shape index (κ1) is 18.9. The number of benzene rings is 1. The zero-order valence-electron chi connectivity index (χ0n) is 17.0. The third-order valence-electron chi connectivity index (χ3n) is 6.01. The van der Waals surface area contributed by atoms with Crippen molar-refractivity contribution in [3.05, 3.63) is 46.7 Å². The molecule has 156 valence electrons. The maximum atomic E-state index is 12.9. The summed E-state index contributed by atoms with van der Waals surface area (Å²) in [6, 6.07) is 7.79. The van der Waals surface area contributed by atoms with E-state index in [4.69, 9.17) is 20.2 Å². The zero-order chi connectivity index (χ0) is 20.7. The van der Waals surface area contributed by atoms with Crippen molar-refractivity contribution in [2.45, 2.75) is 25.2 Å². The molecule has 1 aromatic heterocycles. The molecule has 1 atom stereocenters. The predicted molar refractivity (Wildman–Crippen MR) is 114 cm³/mol. The van der Waals surface area contributed by atoms with Crippen LogP contribution in [0.5, 0.6) is 5.75 Å². The third kappa shape index (κ3) is 3.17. The van der Waals surface area contributed by atoms with E-state index < -0.39 is 0 Å². The third-order valence-corrected chi connectivity index (χ3v) is 6.01. The van der Waals surface area contributed by atoms with Gasteiger partial charge in [-0.25, -0.2) is 0 Å². The molecule has 0 radical (unpaired) electrons. The van der Waals surface area contributed by atoms with Crippen LogP contribution in [0.25, 0.3) is 0 Å². The Morgan fingerprint density at radius 3 is 2.67 bits per heavy atom. The van der Waals surface area contributed by atoms with Crippen LogP contribution in [0.2, 0.25) is 0 Å². The Balaban J connectivity index is 1.64. The van der Waals surface area contributed by atoms with E-state index in [1.807, 2.05) is 24.3 Å². The first-order chi connectivity index (χ1) is 14.7. The average molecular weight is 407 g/mol. The number of Topliss-reactive ketones (excluding diaryl/α,β-unsaturated/α-hetero) is 1. The van der Waals surface area contributed by atoms with Gasteiger partial charge in [0.1, 0.15) is 17.4 Å². The molecule has 5 rings (SSSR count). The number of hydrogen-bond acceptors (Lipinski definition) is 8. The predicted octanol–water partition coefficient (Wildman–Crippen LogP) is 2.47. The van der Waals surface area contributed by atoms with E-state index in [1.165, 1.54) is 0 Å². The molecule has 0 spiro atoms. The highest BCUT2D eigenvalue weighted by atomic mass is 16.5. The summed E-state index contributed by atoms with van der Waals surface area (Å²) < 4.78 is 10.7. The fraction of sp³-hybridized carbons (Fsp3) is 0.409. The van der Waals surface area contributed by atoms with E-state index in [-0.39, 0.29) is 11.7 Å².